The van der Waals surface area contributed by atoms with Crippen LogP contribution in [-0.2, 0) is 4.74 Å². The van der Waals surface area contributed by atoms with Gasteiger partial charge in [-0.05, 0) is 19.1 Å². The molecule has 1 rings (SSSR count). The fourth-order valence-corrected chi connectivity index (χ4v) is 0.907. The van der Waals surface area contributed by atoms with Crippen LogP contribution in [0.1, 0.15) is 6.92 Å². The third kappa shape index (κ3) is 1.95. The smallest absolute Gasteiger partial charge is 0.130 e. The summed E-state index contributed by atoms with van der Waals surface area (Å²) in [5.41, 5.74) is 0. The number of nitrogens with zero attached hydrogens (tertiary/aromatic N) is 2. The van der Waals surface area contributed by atoms with Crippen molar-refractivity contribution in [1.29, 1.82) is 0 Å². The number of pyridine rings is 1. The fourth-order valence-electron chi connectivity index (χ4n) is 0.907. The van der Waals surface area contributed by atoms with Crippen molar-refractivity contribution < 1.29 is 4.74 Å². The number of anilines is 1. The minimum atomic E-state index is 0.0555. The Bertz CT molecular complexity index is 225. The molecule has 0 aliphatic rings. The van der Waals surface area contributed by atoms with Gasteiger partial charge in [0.1, 0.15) is 12.0 Å². The summed E-state index contributed by atoms with van der Waals surface area (Å²) in [6.07, 6.45) is 1.83. The Kier molecular flexibility index (Phi) is 3.05. The van der Waals surface area contributed by atoms with Gasteiger partial charge in [-0.1, -0.05) is 6.07 Å². The van der Waals surface area contributed by atoms with Gasteiger partial charge in [-0.3, -0.25) is 0 Å². The maximum absolute atomic E-state index is 5.15. The molecule has 3 nitrogen and oxygen atoms in total. The third-order valence-electron chi connectivity index (χ3n) is 1.90. The minimum absolute atomic E-state index is 0.0555. The van der Waals surface area contributed by atoms with Crippen molar-refractivity contribution in [2.75, 3.05) is 19.1 Å². The molecule has 0 spiro atoms. The van der Waals surface area contributed by atoms with E-state index in [-0.39, 0.29) is 6.23 Å². The lowest BCUT2D eigenvalue weighted by molar-refractivity contribution is 0.118. The molecular weight excluding hydrogens is 152 g/mol. The SMILES string of the molecule is COC(C)N(C)c1ccccn1. The summed E-state index contributed by atoms with van der Waals surface area (Å²) in [5.74, 6) is 0.923. The number of methoxy groups -OCH3 is 1. The maximum atomic E-state index is 5.15. The molecule has 1 unspecified atom stereocenters. The molecular formula is C9H14N2O. The highest BCUT2D eigenvalue weighted by Gasteiger charge is 2.07. The molecule has 0 amide bonds. The maximum Gasteiger partial charge on any atom is 0.130 e. The molecule has 12 heavy (non-hydrogen) atoms. The predicted molar refractivity (Wildman–Crippen MR) is 49.1 cm³/mol. The number of ether oxygens (including phenoxy) is 1. The van der Waals surface area contributed by atoms with E-state index in [0.29, 0.717) is 0 Å². The van der Waals surface area contributed by atoms with Gasteiger partial charge in [0.05, 0.1) is 0 Å². The van der Waals surface area contributed by atoms with Crippen LogP contribution in [0.2, 0.25) is 0 Å². The van der Waals surface area contributed by atoms with E-state index >= 15 is 0 Å². The third-order valence-corrected chi connectivity index (χ3v) is 1.90. The van der Waals surface area contributed by atoms with Crippen LogP contribution in [-0.4, -0.2) is 25.4 Å². The normalized spacial score (nSPS) is 12.6. The van der Waals surface area contributed by atoms with E-state index in [9.17, 15) is 0 Å². The minimum Gasteiger partial charge on any atom is -0.362 e. The summed E-state index contributed by atoms with van der Waals surface area (Å²) in [6.45, 7) is 1.98. The van der Waals surface area contributed by atoms with Gasteiger partial charge in [0.25, 0.3) is 0 Å². The van der Waals surface area contributed by atoms with Gasteiger partial charge in [0.2, 0.25) is 0 Å². The Hall–Kier alpha value is -1.09. The second kappa shape index (κ2) is 4.07. The molecule has 0 saturated heterocycles. The van der Waals surface area contributed by atoms with Crippen LogP contribution < -0.4 is 4.90 Å². The van der Waals surface area contributed by atoms with E-state index in [4.69, 9.17) is 4.74 Å². The first-order valence-corrected chi connectivity index (χ1v) is 3.92. The highest BCUT2D eigenvalue weighted by molar-refractivity contribution is 5.36. The molecule has 0 aliphatic carbocycles. The molecule has 66 valence electrons. The molecule has 3 heteroatoms. The number of aromatic nitrogens is 1. The molecule has 0 aliphatic heterocycles. The first-order valence-electron chi connectivity index (χ1n) is 3.92. The second-order valence-corrected chi connectivity index (χ2v) is 2.63. The monoisotopic (exact) mass is 166 g/mol. The first-order chi connectivity index (χ1) is 5.75. The Morgan fingerprint density at radius 2 is 2.25 bits per heavy atom. The van der Waals surface area contributed by atoms with Crippen LogP contribution in [0.5, 0.6) is 0 Å². The summed E-state index contributed by atoms with van der Waals surface area (Å²) in [7, 11) is 3.64. The van der Waals surface area contributed by atoms with Crippen LogP contribution in [0.3, 0.4) is 0 Å². The Balaban J connectivity index is 2.71. The van der Waals surface area contributed by atoms with E-state index in [2.05, 4.69) is 4.98 Å². The van der Waals surface area contributed by atoms with Crippen molar-refractivity contribution in [3.63, 3.8) is 0 Å². The summed E-state index contributed by atoms with van der Waals surface area (Å²) >= 11 is 0. The molecule has 0 saturated carbocycles. The molecule has 0 bridgehead atoms. The highest BCUT2D eigenvalue weighted by atomic mass is 16.5. The molecule has 1 aromatic rings. The zero-order valence-corrected chi connectivity index (χ0v) is 7.69. The topological polar surface area (TPSA) is 25.4 Å². The van der Waals surface area contributed by atoms with Crippen LogP contribution in [0.15, 0.2) is 24.4 Å². The largest absolute Gasteiger partial charge is 0.362 e. The fraction of sp³-hybridized carbons (Fsp3) is 0.444. The Labute approximate surface area is 73.0 Å². The average Bonchev–Trinajstić information content (AvgIpc) is 2.17. The second-order valence-electron chi connectivity index (χ2n) is 2.63. The van der Waals surface area contributed by atoms with Gasteiger partial charge in [0, 0.05) is 20.4 Å². The lowest BCUT2D eigenvalue weighted by Crippen LogP contribution is -2.30. The number of hydrogen-bond donors (Lipinski definition) is 0. The van der Waals surface area contributed by atoms with E-state index in [1.165, 1.54) is 0 Å². The van der Waals surface area contributed by atoms with Crippen LogP contribution in [0.25, 0.3) is 0 Å². The number of rotatable bonds is 3. The van der Waals surface area contributed by atoms with E-state index in [0.717, 1.165) is 5.82 Å². The van der Waals surface area contributed by atoms with Gasteiger partial charge < -0.3 is 9.64 Å². The van der Waals surface area contributed by atoms with Gasteiger partial charge in [0.15, 0.2) is 0 Å². The molecule has 1 aromatic heterocycles. The van der Waals surface area contributed by atoms with Crippen molar-refractivity contribution in [3.8, 4) is 0 Å². The van der Waals surface area contributed by atoms with Crippen molar-refractivity contribution in [3.05, 3.63) is 24.4 Å². The van der Waals surface area contributed by atoms with Crippen molar-refractivity contribution in [1.82, 2.24) is 4.98 Å². The summed E-state index contributed by atoms with van der Waals surface area (Å²) in [5, 5.41) is 0. The standard InChI is InChI=1S/C9H14N2O/c1-8(12-3)11(2)9-6-4-5-7-10-9/h4-8H,1-3H3. The van der Waals surface area contributed by atoms with Crippen LogP contribution in [0, 0.1) is 0 Å². The molecule has 1 atom stereocenters. The Morgan fingerprint density at radius 1 is 1.50 bits per heavy atom. The quantitative estimate of drug-likeness (QED) is 0.636. The first kappa shape index (κ1) is 9.00. The van der Waals surface area contributed by atoms with E-state index in [1.807, 2.05) is 37.1 Å². The summed E-state index contributed by atoms with van der Waals surface area (Å²) in [4.78, 5) is 6.17. The number of hydrogen-bond acceptors (Lipinski definition) is 3. The van der Waals surface area contributed by atoms with Crippen molar-refractivity contribution >= 4 is 5.82 Å². The summed E-state index contributed by atoms with van der Waals surface area (Å²) < 4.78 is 5.15. The van der Waals surface area contributed by atoms with Gasteiger partial charge in [-0.15, -0.1) is 0 Å². The molecule has 0 N–H and O–H groups in total. The molecule has 1 heterocycles. The zero-order valence-electron chi connectivity index (χ0n) is 7.69. The van der Waals surface area contributed by atoms with Gasteiger partial charge in [-0.2, -0.15) is 0 Å². The van der Waals surface area contributed by atoms with E-state index in [1.54, 1.807) is 13.3 Å². The Morgan fingerprint density at radius 3 is 2.75 bits per heavy atom. The molecule has 0 radical (unpaired) electrons. The van der Waals surface area contributed by atoms with E-state index < -0.39 is 0 Å². The van der Waals surface area contributed by atoms with Gasteiger partial charge >= 0.3 is 0 Å². The van der Waals surface area contributed by atoms with Crippen LogP contribution in [0.4, 0.5) is 5.82 Å². The highest BCUT2D eigenvalue weighted by Crippen LogP contribution is 2.09. The molecule has 0 fully saturated rings. The molecule has 0 aromatic carbocycles. The van der Waals surface area contributed by atoms with Gasteiger partial charge in [-0.25, -0.2) is 4.98 Å². The van der Waals surface area contributed by atoms with Crippen molar-refractivity contribution in [2.45, 2.75) is 13.2 Å². The van der Waals surface area contributed by atoms with Crippen molar-refractivity contribution in [2.24, 2.45) is 0 Å². The van der Waals surface area contributed by atoms with Crippen LogP contribution >= 0.6 is 0 Å². The zero-order chi connectivity index (χ0) is 8.97. The lowest BCUT2D eigenvalue weighted by Gasteiger charge is -2.24. The predicted octanol–water partition coefficient (Wildman–Crippen LogP) is 1.51. The average molecular weight is 166 g/mol. The lowest BCUT2D eigenvalue weighted by atomic mass is 10.4. The summed E-state index contributed by atoms with van der Waals surface area (Å²) in [6, 6.07) is 5.81.